The summed E-state index contributed by atoms with van der Waals surface area (Å²) in [5.74, 6) is 0.803. The summed E-state index contributed by atoms with van der Waals surface area (Å²) < 4.78 is 5.35. The lowest BCUT2D eigenvalue weighted by Gasteiger charge is -2.18. The van der Waals surface area contributed by atoms with Crippen LogP contribution in [0.1, 0.15) is 24.1 Å². The molecule has 2 aromatic rings. The molecule has 0 atom stereocenters. The summed E-state index contributed by atoms with van der Waals surface area (Å²) in [6.07, 6.45) is 4.50. The van der Waals surface area contributed by atoms with Gasteiger partial charge in [0.25, 0.3) is 0 Å². The molecule has 2 nitrogen and oxygen atoms in total. The van der Waals surface area contributed by atoms with Crippen molar-refractivity contribution < 1.29 is 4.74 Å². The SMILES string of the molecule is COc1cccc2c(Cl)c3c(nc12)CCCC3. The van der Waals surface area contributed by atoms with E-state index in [2.05, 4.69) is 0 Å². The average Bonchev–Trinajstić information content (AvgIpc) is 2.38. The Kier molecular flexibility index (Phi) is 2.67. The standard InChI is InChI=1S/C14H14ClNO/c1-17-12-8-4-6-10-13(15)9-5-2-3-7-11(9)16-14(10)12/h4,6,8H,2-3,5,7H2,1H3. The lowest BCUT2D eigenvalue weighted by Crippen LogP contribution is -2.07. The number of benzene rings is 1. The lowest BCUT2D eigenvalue weighted by molar-refractivity contribution is 0.418. The highest BCUT2D eigenvalue weighted by Gasteiger charge is 2.18. The van der Waals surface area contributed by atoms with Crippen molar-refractivity contribution in [2.24, 2.45) is 0 Å². The molecular formula is C14H14ClNO. The van der Waals surface area contributed by atoms with Crippen molar-refractivity contribution in [3.8, 4) is 5.75 Å². The second-order valence-electron chi connectivity index (χ2n) is 4.41. The van der Waals surface area contributed by atoms with Crippen molar-refractivity contribution in [2.45, 2.75) is 25.7 Å². The van der Waals surface area contributed by atoms with Crippen LogP contribution >= 0.6 is 11.6 Å². The number of halogens is 1. The monoisotopic (exact) mass is 247 g/mol. The zero-order chi connectivity index (χ0) is 11.8. The van der Waals surface area contributed by atoms with E-state index in [1.165, 1.54) is 18.4 Å². The first-order valence-corrected chi connectivity index (χ1v) is 6.33. The van der Waals surface area contributed by atoms with Crippen molar-refractivity contribution in [3.63, 3.8) is 0 Å². The van der Waals surface area contributed by atoms with Crippen LogP contribution in [-0.2, 0) is 12.8 Å². The molecule has 0 amide bonds. The van der Waals surface area contributed by atoms with E-state index < -0.39 is 0 Å². The van der Waals surface area contributed by atoms with Crippen LogP contribution in [0.25, 0.3) is 10.9 Å². The second-order valence-corrected chi connectivity index (χ2v) is 4.79. The number of hydrogen-bond acceptors (Lipinski definition) is 2. The molecule has 0 radical (unpaired) electrons. The fourth-order valence-corrected chi connectivity index (χ4v) is 2.88. The Morgan fingerprint density at radius 3 is 2.88 bits per heavy atom. The van der Waals surface area contributed by atoms with Gasteiger partial charge in [0.2, 0.25) is 0 Å². The summed E-state index contributed by atoms with van der Waals surface area (Å²) in [6.45, 7) is 0. The first kappa shape index (κ1) is 10.8. The smallest absolute Gasteiger partial charge is 0.145 e. The van der Waals surface area contributed by atoms with Crippen LogP contribution in [0.15, 0.2) is 18.2 Å². The number of rotatable bonds is 1. The number of aryl methyl sites for hydroxylation is 1. The van der Waals surface area contributed by atoms with Crippen molar-refractivity contribution in [2.75, 3.05) is 7.11 Å². The van der Waals surface area contributed by atoms with Crippen LogP contribution in [0.5, 0.6) is 5.75 Å². The molecule has 1 aromatic heterocycles. The molecule has 0 bridgehead atoms. The third-order valence-corrected chi connectivity index (χ3v) is 3.84. The second kappa shape index (κ2) is 4.19. The van der Waals surface area contributed by atoms with Gasteiger partial charge in [0.1, 0.15) is 11.3 Å². The zero-order valence-corrected chi connectivity index (χ0v) is 10.5. The molecule has 0 spiro atoms. The van der Waals surface area contributed by atoms with E-state index >= 15 is 0 Å². The predicted molar refractivity (Wildman–Crippen MR) is 69.9 cm³/mol. The molecule has 1 aliphatic rings. The van der Waals surface area contributed by atoms with Crippen LogP contribution < -0.4 is 4.74 Å². The number of nitrogens with zero attached hydrogens (tertiary/aromatic N) is 1. The first-order chi connectivity index (χ1) is 8.31. The third-order valence-electron chi connectivity index (χ3n) is 3.41. The van der Waals surface area contributed by atoms with Gasteiger partial charge in [-0.25, -0.2) is 4.98 Å². The molecule has 1 aromatic carbocycles. The molecular weight excluding hydrogens is 234 g/mol. The summed E-state index contributed by atoms with van der Waals surface area (Å²) in [5, 5.41) is 1.87. The van der Waals surface area contributed by atoms with E-state index in [0.29, 0.717) is 0 Å². The number of methoxy groups -OCH3 is 1. The summed E-state index contributed by atoms with van der Waals surface area (Å²) in [5.41, 5.74) is 3.28. The van der Waals surface area contributed by atoms with Gasteiger partial charge in [-0.3, -0.25) is 0 Å². The number of para-hydroxylation sites is 1. The van der Waals surface area contributed by atoms with Gasteiger partial charge in [0.15, 0.2) is 0 Å². The van der Waals surface area contributed by atoms with E-state index in [1.807, 2.05) is 18.2 Å². The van der Waals surface area contributed by atoms with Gasteiger partial charge < -0.3 is 4.74 Å². The van der Waals surface area contributed by atoms with Gasteiger partial charge >= 0.3 is 0 Å². The van der Waals surface area contributed by atoms with E-state index in [1.54, 1.807) is 7.11 Å². The molecule has 0 saturated heterocycles. The minimum atomic E-state index is 0.803. The molecule has 0 saturated carbocycles. The quantitative estimate of drug-likeness (QED) is 0.765. The number of pyridine rings is 1. The maximum Gasteiger partial charge on any atom is 0.145 e. The topological polar surface area (TPSA) is 22.1 Å². The van der Waals surface area contributed by atoms with Gasteiger partial charge in [-0.1, -0.05) is 23.7 Å². The third kappa shape index (κ3) is 1.67. The normalized spacial score (nSPS) is 14.7. The molecule has 3 heteroatoms. The number of ether oxygens (including phenoxy) is 1. The van der Waals surface area contributed by atoms with Crippen molar-refractivity contribution in [1.82, 2.24) is 4.98 Å². The molecule has 88 valence electrons. The van der Waals surface area contributed by atoms with Gasteiger partial charge in [-0.05, 0) is 37.3 Å². The Balaban J connectivity index is 2.35. The number of fused-ring (bicyclic) bond motifs is 2. The Morgan fingerprint density at radius 1 is 1.24 bits per heavy atom. The van der Waals surface area contributed by atoms with E-state index in [9.17, 15) is 0 Å². The molecule has 0 N–H and O–H groups in total. The highest BCUT2D eigenvalue weighted by Crippen LogP contribution is 2.35. The predicted octanol–water partition coefficient (Wildman–Crippen LogP) is 3.78. The van der Waals surface area contributed by atoms with Crippen LogP contribution in [0, 0.1) is 0 Å². The van der Waals surface area contributed by atoms with E-state index in [0.717, 1.165) is 40.2 Å². The molecule has 1 heterocycles. The summed E-state index contributed by atoms with van der Waals surface area (Å²) in [6, 6.07) is 5.91. The van der Waals surface area contributed by atoms with Crippen molar-refractivity contribution in [3.05, 3.63) is 34.5 Å². The van der Waals surface area contributed by atoms with Crippen molar-refractivity contribution in [1.29, 1.82) is 0 Å². The Hall–Kier alpha value is -1.28. The molecule has 0 aliphatic heterocycles. The summed E-state index contributed by atoms with van der Waals surface area (Å²) in [4.78, 5) is 4.74. The summed E-state index contributed by atoms with van der Waals surface area (Å²) in [7, 11) is 1.67. The molecule has 0 unspecified atom stereocenters. The highest BCUT2D eigenvalue weighted by molar-refractivity contribution is 6.36. The zero-order valence-electron chi connectivity index (χ0n) is 9.79. The Morgan fingerprint density at radius 2 is 2.06 bits per heavy atom. The minimum Gasteiger partial charge on any atom is -0.494 e. The molecule has 17 heavy (non-hydrogen) atoms. The first-order valence-electron chi connectivity index (χ1n) is 5.95. The van der Waals surface area contributed by atoms with Crippen LogP contribution in [0.3, 0.4) is 0 Å². The van der Waals surface area contributed by atoms with E-state index in [4.69, 9.17) is 21.3 Å². The largest absolute Gasteiger partial charge is 0.494 e. The van der Waals surface area contributed by atoms with Crippen LogP contribution in [0.4, 0.5) is 0 Å². The van der Waals surface area contributed by atoms with Gasteiger partial charge in [0.05, 0.1) is 12.1 Å². The maximum absolute atomic E-state index is 6.49. The van der Waals surface area contributed by atoms with Crippen LogP contribution in [0.2, 0.25) is 5.02 Å². The maximum atomic E-state index is 6.49. The van der Waals surface area contributed by atoms with Gasteiger partial charge in [-0.15, -0.1) is 0 Å². The molecule has 0 fully saturated rings. The molecule has 1 aliphatic carbocycles. The van der Waals surface area contributed by atoms with Gasteiger partial charge in [0, 0.05) is 11.1 Å². The lowest BCUT2D eigenvalue weighted by atomic mass is 9.94. The van der Waals surface area contributed by atoms with Crippen LogP contribution in [-0.4, -0.2) is 12.1 Å². The van der Waals surface area contributed by atoms with Gasteiger partial charge in [-0.2, -0.15) is 0 Å². The Bertz CT molecular complexity index is 580. The van der Waals surface area contributed by atoms with E-state index in [-0.39, 0.29) is 0 Å². The highest BCUT2D eigenvalue weighted by atomic mass is 35.5. The number of aromatic nitrogens is 1. The summed E-state index contributed by atoms with van der Waals surface area (Å²) >= 11 is 6.49. The fraction of sp³-hybridized carbons (Fsp3) is 0.357. The van der Waals surface area contributed by atoms with Crippen molar-refractivity contribution >= 4 is 22.5 Å². The fourth-order valence-electron chi connectivity index (χ4n) is 2.53. The minimum absolute atomic E-state index is 0.803. The average molecular weight is 248 g/mol. The number of hydrogen-bond donors (Lipinski definition) is 0. The molecule has 3 rings (SSSR count). The Labute approximate surface area is 106 Å².